The summed E-state index contributed by atoms with van der Waals surface area (Å²) in [5.41, 5.74) is 0.561. The summed E-state index contributed by atoms with van der Waals surface area (Å²) < 4.78 is 5.32. The summed E-state index contributed by atoms with van der Waals surface area (Å²) in [6.45, 7) is 4.55. The average Bonchev–Trinajstić information content (AvgIpc) is 2.80. The van der Waals surface area contributed by atoms with Gasteiger partial charge >= 0.3 is 0 Å². The third kappa shape index (κ3) is 3.36. The van der Waals surface area contributed by atoms with Crippen molar-refractivity contribution in [3.8, 4) is 0 Å². The first-order valence-electron chi connectivity index (χ1n) is 7.59. The van der Waals surface area contributed by atoms with E-state index in [-0.39, 0.29) is 11.8 Å². The number of nitrogens with zero attached hydrogens (tertiary/aromatic N) is 3. The van der Waals surface area contributed by atoms with Crippen LogP contribution >= 0.6 is 0 Å². The van der Waals surface area contributed by atoms with E-state index in [9.17, 15) is 9.59 Å². The summed E-state index contributed by atoms with van der Waals surface area (Å²) in [5, 5.41) is 2.77. The van der Waals surface area contributed by atoms with E-state index in [2.05, 4.69) is 15.2 Å². The first kappa shape index (κ1) is 14.8. The quantitative estimate of drug-likeness (QED) is 0.824. The summed E-state index contributed by atoms with van der Waals surface area (Å²) in [5.74, 6) is 0.793. The van der Waals surface area contributed by atoms with Crippen molar-refractivity contribution in [2.45, 2.75) is 6.42 Å². The number of carbonyl (C=O) groups is 2. The third-order valence-corrected chi connectivity index (χ3v) is 3.93. The van der Waals surface area contributed by atoms with Crippen LogP contribution in [0.4, 0.5) is 5.82 Å². The van der Waals surface area contributed by atoms with Crippen LogP contribution in [0.5, 0.6) is 0 Å². The average molecular weight is 304 g/mol. The Labute approximate surface area is 129 Å². The van der Waals surface area contributed by atoms with E-state index >= 15 is 0 Å². The Morgan fingerprint density at radius 3 is 2.73 bits per heavy atom. The zero-order chi connectivity index (χ0) is 15.4. The highest BCUT2D eigenvalue weighted by Gasteiger charge is 2.20. The van der Waals surface area contributed by atoms with Crippen LogP contribution in [0.3, 0.4) is 0 Å². The highest BCUT2D eigenvalue weighted by atomic mass is 16.5. The number of pyridine rings is 1. The second-order valence-electron chi connectivity index (χ2n) is 5.40. The van der Waals surface area contributed by atoms with Crippen LogP contribution in [0, 0.1) is 0 Å². The first-order chi connectivity index (χ1) is 10.7. The maximum Gasteiger partial charge on any atom is 0.255 e. The van der Waals surface area contributed by atoms with Gasteiger partial charge in [-0.05, 0) is 12.1 Å². The third-order valence-electron chi connectivity index (χ3n) is 3.93. The van der Waals surface area contributed by atoms with Gasteiger partial charge in [-0.15, -0.1) is 0 Å². The molecule has 1 N–H and O–H groups in total. The lowest BCUT2D eigenvalue weighted by Gasteiger charge is -2.28. The molecule has 118 valence electrons. The SMILES string of the molecule is O=C1CCN(C(=O)c2ccc(N3CCOCC3)nc2)CCN1. The lowest BCUT2D eigenvalue weighted by molar-refractivity contribution is -0.120. The number of morpholine rings is 1. The van der Waals surface area contributed by atoms with Gasteiger partial charge in [0.15, 0.2) is 0 Å². The number of nitrogens with one attached hydrogen (secondary N) is 1. The minimum atomic E-state index is -0.0717. The van der Waals surface area contributed by atoms with Gasteiger partial charge < -0.3 is 19.9 Å². The van der Waals surface area contributed by atoms with Crippen molar-refractivity contribution in [3.63, 3.8) is 0 Å². The molecule has 0 aromatic carbocycles. The fraction of sp³-hybridized carbons (Fsp3) is 0.533. The van der Waals surface area contributed by atoms with Crippen LogP contribution in [0.2, 0.25) is 0 Å². The monoisotopic (exact) mass is 304 g/mol. The zero-order valence-corrected chi connectivity index (χ0v) is 12.5. The minimum absolute atomic E-state index is 0.00362. The van der Waals surface area contributed by atoms with Crippen molar-refractivity contribution >= 4 is 17.6 Å². The Hall–Kier alpha value is -2.15. The lowest BCUT2D eigenvalue weighted by atomic mass is 10.2. The van der Waals surface area contributed by atoms with Crippen LogP contribution in [-0.4, -0.2) is 67.6 Å². The van der Waals surface area contributed by atoms with E-state index in [1.165, 1.54) is 0 Å². The van der Waals surface area contributed by atoms with Crippen LogP contribution in [0.15, 0.2) is 18.3 Å². The van der Waals surface area contributed by atoms with Gasteiger partial charge in [0.2, 0.25) is 5.91 Å². The molecule has 7 heteroatoms. The molecule has 0 saturated carbocycles. The molecule has 3 heterocycles. The summed E-state index contributed by atoms with van der Waals surface area (Å²) in [6.07, 6.45) is 1.97. The summed E-state index contributed by atoms with van der Waals surface area (Å²) in [6, 6.07) is 3.68. The van der Waals surface area contributed by atoms with Crippen molar-refractivity contribution in [1.29, 1.82) is 0 Å². The van der Waals surface area contributed by atoms with Gasteiger partial charge in [0.25, 0.3) is 5.91 Å². The molecule has 0 spiro atoms. The first-order valence-corrected chi connectivity index (χ1v) is 7.59. The van der Waals surface area contributed by atoms with Crippen molar-refractivity contribution in [1.82, 2.24) is 15.2 Å². The van der Waals surface area contributed by atoms with Gasteiger partial charge in [0.1, 0.15) is 5.82 Å². The largest absolute Gasteiger partial charge is 0.378 e. The van der Waals surface area contributed by atoms with Gasteiger partial charge in [0, 0.05) is 45.3 Å². The van der Waals surface area contributed by atoms with E-state index in [0.29, 0.717) is 44.8 Å². The Bertz CT molecular complexity index is 540. The Morgan fingerprint density at radius 1 is 1.18 bits per heavy atom. The van der Waals surface area contributed by atoms with Crippen LogP contribution < -0.4 is 10.2 Å². The summed E-state index contributed by atoms with van der Waals surface area (Å²) in [4.78, 5) is 32.0. The molecule has 0 radical (unpaired) electrons. The predicted octanol–water partition coefficient (Wildman–Crippen LogP) is -0.120. The number of hydrogen-bond donors (Lipinski definition) is 1. The van der Waals surface area contributed by atoms with Crippen molar-refractivity contribution in [2.24, 2.45) is 0 Å². The molecule has 2 aliphatic heterocycles. The topological polar surface area (TPSA) is 74.8 Å². The Balaban J connectivity index is 1.66. The highest BCUT2D eigenvalue weighted by molar-refractivity contribution is 5.94. The number of rotatable bonds is 2. The fourth-order valence-corrected chi connectivity index (χ4v) is 2.64. The number of anilines is 1. The molecule has 1 aromatic heterocycles. The molecule has 0 bridgehead atoms. The standard InChI is InChI=1S/C15H20N4O3/c20-14-3-5-19(6-4-16-14)15(21)12-1-2-13(17-11-12)18-7-9-22-10-8-18/h1-2,11H,3-10H2,(H,16,20). The van der Waals surface area contributed by atoms with E-state index in [0.717, 1.165) is 18.9 Å². The van der Waals surface area contributed by atoms with Crippen LogP contribution in [0.1, 0.15) is 16.8 Å². The second kappa shape index (κ2) is 6.74. The Morgan fingerprint density at radius 2 is 2.00 bits per heavy atom. The second-order valence-corrected chi connectivity index (χ2v) is 5.40. The summed E-state index contributed by atoms with van der Waals surface area (Å²) >= 11 is 0. The van der Waals surface area contributed by atoms with E-state index in [1.54, 1.807) is 17.2 Å². The molecular weight excluding hydrogens is 284 g/mol. The van der Waals surface area contributed by atoms with E-state index < -0.39 is 0 Å². The van der Waals surface area contributed by atoms with Crippen molar-refractivity contribution in [2.75, 3.05) is 50.8 Å². The Kier molecular flexibility index (Phi) is 4.53. The molecule has 2 saturated heterocycles. The van der Waals surface area contributed by atoms with Crippen molar-refractivity contribution < 1.29 is 14.3 Å². The van der Waals surface area contributed by atoms with Crippen molar-refractivity contribution in [3.05, 3.63) is 23.9 Å². The highest BCUT2D eigenvalue weighted by Crippen LogP contribution is 2.14. The molecule has 2 aliphatic rings. The lowest BCUT2D eigenvalue weighted by Crippen LogP contribution is -2.37. The van der Waals surface area contributed by atoms with E-state index in [1.807, 2.05) is 6.07 Å². The van der Waals surface area contributed by atoms with Gasteiger partial charge in [-0.1, -0.05) is 0 Å². The summed E-state index contributed by atoms with van der Waals surface area (Å²) in [7, 11) is 0. The molecule has 1 aromatic rings. The van der Waals surface area contributed by atoms with Gasteiger partial charge in [-0.25, -0.2) is 4.98 Å². The smallest absolute Gasteiger partial charge is 0.255 e. The maximum absolute atomic E-state index is 12.5. The molecular formula is C15H20N4O3. The maximum atomic E-state index is 12.5. The molecule has 0 unspecified atom stereocenters. The number of amides is 2. The number of hydrogen-bond acceptors (Lipinski definition) is 5. The molecule has 22 heavy (non-hydrogen) atoms. The number of carbonyl (C=O) groups excluding carboxylic acids is 2. The molecule has 2 amide bonds. The molecule has 7 nitrogen and oxygen atoms in total. The number of aromatic nitrogens is 1. The molecule has 0 atom stereocenters. The van der Waals surface area contributed by atoms with Gasteiger partial charge in [-0.2, -0.15) is 0 Å². The van der Waals surface area contributed by atoms with E-state index in [4.69, 9.17) is 4.74 Å². The zero-order valence-electron chi connectivity index (χ0n) is 12.5. The van der Waals surface area contributed by atoms with Gasteiger partial charge in [0.05, 0.1) is 18.8 Å². The normalized spacial score (nSPS) is 19.5. The molecule has 3 rings (SSSR count). The van der Waals surface area contributed by atoms with Crippen LogP contribution in [0.25, 0.3) is 0 Å². The molecule has 2 fully saturated rings. The number of ether oxygens (including phenoxy) is 1. The fourth-order valence-electron chi connectivity index (χ4n) is 2.64. The predicted molar refractivity (Wildman–Crippen MR) is 80.8 cm³/mol. The van der Waals surface area contributed by atoms with Crippen LogP contribution in [-0.2, 0) is 9.53 Å². The molecule has 0 aliphatic carbocycles. The van der Waals surface area contributed by atoms with Gasteiger partial charge in [-0.3, -0.25) is 9.59 Å². The minimum Gasteiger partial charge on any atom is -0.378 e.